The van der Waals surface area contributed by atoms with Crippen LogP contribution in [0.3, 0.4) is 0 Å². The van der Waals surface area contributed by atoms with Gasteiger partial charge >= 0.3 is 0 Å². The van der Waals surface area contributed by atoms with Crippen molar-refractivity contribution in [2.45, 2.75) is 65.2 Å². The topological polar surface area (TPSA) is 23.8 Å². The lowest BCUT2D eigenvalue weighted by atomic mass is 9.98. The average molecular weight is 181 g/mol. The Morgan fingerprint density at radius 1 is 1.08 bits per heavy atom. The van der Waals surface area contributed by atoms with Crippen LogP contribution >= 0.6 is 0 Å². The van der Waals surface area contributed by atoms with Crippen LogP contribution in [0.4, 0.5) is 0 Å². The fraction of sp³-hybridized carbons (Fsp3) is 0.917. The van der Waals surface area contributed by atoms with Crippen molar-refractivity contribution in [3.05, 3.63) is 0 Å². The molecule has 0 aliphatic rings. The summed E-state index contributed by atoms with van der Waals surface area (Å²) in [5, 5.41) is 8.41. The molecule has 76 valence electrons. The molecule has 1 heteroatoms. The highest BCUT2D eigenvalue weighted by atomic mass is 14.2. The maximum absolute atomic E-state index is 8.41. The summed E-state index contributed by atoms with van der Waals surface area (Å²) in [7, 11) is 0. The second-order valence-corrected chi connectivity index (χ2v) is 4.00. The Balaban J connectivity index is 3.08. The molecule has 0 fully saturated rings. The van der Waals surface area contributed by atoms with Crippen LogP contribution in [0, 0.1) is 17.2 Å². The van der Waals surface area contributed by atoms with Crippen LogP contribution in [0.2, 0.25) is 0 Å². The standard InChI is InChI=1S/C12H23N/c1-3-4-5-6-7-9-12(2)10-8-11-13/h12H,3-10H2,1-2H3. The third-order valence-electron chi connectivity index (χ3n) is 2.55. The van der Waals surface area contributed by atoms with Crippen LogP contribution < -0.4 is 0 Å². The van der Waals surface area contributed by atoms with E-state index in [4.69, 9.17) is 5.26 Å². The van der Waals surface area contributed by atoms with Gasteiger partial charge in [-0.05, 0) is 12.3 Å². The SMILES string of the molecule is CCCCCCCC(C)CCC#N. The van der Waals surface area contributed by atoms with E-state index in [2.05, 4.69) is 19.9 Å². The fourth-order valence-electron chi connectivity index (χ4n) is 1.55. The van der Waals surface area contributed by atoms with E-state index in [0.717, 1.165) is 18.8 Å². The molecule has 0 radical (unpaired) electrons. The van der Waals surface area contributed by atoms with Gasteiger partial charge in [0.2, 0.25) is 0 Å². The molecule has 0 aromatic carbocycles. The molecule has 0 aliphatic carbocycles. The molecule has 0 aromatic rings. The van der Waals surface area contributed by atoms with Gasteiger partial charge in [-0.2, -0.15) is 5.26 Å². The maximum Gasteiger partial charge on any atom is 0.0621 e. The molecule has 0 heterocycles. The number of hydrogen-bond donors (Lipinski definition) is 0. The zero-order valence-electron chi connectivity index (χ0n) is 9.18. The number of nitrogens with zero attached hydrogens (tertiary/aromatic N) is 1. The van der Waals surface area contributed by atoms with E-state index in [-0.39, 0.29) is 0 Å². The van der Waals surface area contributed by atoms with Crippen molar-refractivity contribution in [1.29, 1.82) is 5.26 Å². The van der Waals surface area contributed by atoms with Crippen LogP contribution in [0.15, 0.2) is 0 Å². The minimum Gasteiger partial charge on any atom is -0.198 e. The lowest BCUT2D eigenvalue weighted by Gasteiger charge is -2.07. The first kappa shape index (κ1) is 12.5. The minimum absolute atomic E-state index is 0.732. The Morgan fingerprint density at radius 3 is 2.38 bits per heavy atom. The summed E-state index contributed by atoms with van der Waals surface area (Å²) in [5.74, 6) is 0.751. The molecule has 0 N–H and O–H groups in total. The Hall–Kier alpha value is -0.510. The zero-order valence-corrected chi connectivity index (χ0v) is 9.18. The van der Waals surface area contributed by atoms with Crippen molar-refractivity contribution in [3.63, 3.8) is 0 Å². The van der Waals surface area contributed by atoms with E-state index in [0.29, 0.717) is 0 Å². The van der Waals surface area contributed by atoms with Crippen molar-refractivity contribution < 1.29 is 0 Å². The highest BCUT2D eigenvalue weighted by Crippen LogP contribution is 2.15. The second-order valence-electron chi connectivity index (χ2n) is 4.00. The van der Waals surface area contributed by atoms with E-state index in [1.807, 2.05) is 0 Å². The highest BCUT2D eigenvalue weighted by molar-refractivity contribution is 4.70. The molecule has 0 aliphatic heterocycles. The van der Waals surface area contributed by atoms with Crippen molar-refractivity contribution >= 4 is 0 Å². The van der Waals surface area contributed by atoms with Crippen LogP contribution in [0.25, 0.3) is 0 Å². The van der Waals surface area contributed by atoms with Gasteiger partial charge < -0.3 is 0 Å². The van der Waals surface area contributed by atoms with Crippen LogP contribution in [-0.2, 0) is 0 Å². The van der Waals surface area contributed by atoms with Crippen LogP contribution in [-0.4, -0.2) is 0 Å². The molecule has 0 rings (SSSR count). The molecule has 0 saturated carbocycles. The first-order valence-electron chi connectivity index (χ1n) is 5.68. The summed E-state index contributed by atoms with van der Waals surface area (Å²) < 4.78 is 0. The van der Waals surface area contributed by atoms with Gasteiger partial charge in [-0.1, -0.05) is 52.4 Å². The normalized spacial score (nSPS) is 12.4. The molecule has 1 unspecified atom stereocenters. The molecular formula is C12H23N. The maximum atomic E-state index is 8.41. The fourth-order valence-corrected chi connectivity index (χ4v) is 1.55. The van der Waals surface area contributed by atoms with Gasteiger partial charge in [0.25, 0.3) is 0 Å². The van der Waals surface area contributed by atoms with Crippen LogP contribution in [0.5, 0.6) is 0 Å². The van der Waals surface area contributed by atoms with Crippen molar-refractivity contribution in [2.24, 2.45) is 5.92 Å². The lowest BCUT2D eigenvalue weighted by molar-refractivity contribution is 0.462. The molecule has 1 atom stereocenters. The van der Waals surface area contributed by atoms with E-state index in [1.165, 1.54) is 38.5 Å². The Kier molecular flexibility index (Phi) is 9.20. The number of rotatable bonds is 8. The van der Waals surface area contributed by atoms with E-state index >= 15 is 0 Å². The van der Waals surface area contributed by atoms with Crippen molar-refractivity contribution in [2.75, 3.05) is 0 Å². The van der Waals surface area contributed by atoms with E-state index in [9.17, 15) is 0 Å². The lowest BCUT2D eigenvalue weighted by Crippen LogP contribution is -1.93. The van der Waals surface area contributed by atoms with E-state index in [1.54, 1.807) is 0 Å². The number of unbranched alkanes of at least 4 members (excludes halogenated alkanes) is 4. The zero-order chi connectivity index (χ0) is 9.94. The first-order chi connectivity index (χ1) is 6.31. The predicted octanol–water partition coefficient (Wildman–Crippen LogP) is 4.29. The van der Waals surface area contributed by atoms with Gasteiger partial charge in [0.1, 0.15) is 0 Å². The summed E-state index contributed by atoms with van der Waals surface area (Å²) >= 11 is 0. The molecule has 1 nitrogen and oxygen atoms in total. The highest BCUT2D eigenvalue weighted by Gasteiger charge is 2.00. The van der Waals surface area contributed by atoms with Crippen molar-refractivity contribution in [1.82, 2.24) is 0 Å². The summed E-state index contributed by atoms with van der Waals surface area (Å²) in [4.78, 5) is 0. The van der Waals surface area contributed by atoms with Gasteiger partial charge in [-0.3, -0.25) is 0 Å². The molecule has 0 aromatic heterocycles. The Bertz CT molecular complexity index is 135. The van der Waals surface area contributed by atoms with Gasteiger partial charge in [0.05, 0.1) is 6.07 Å². The third-order valence-corrected chi connectivity index (χ3v) is 2.55. The quantitative estimate of drug-likeness (QED) is 0.512. The van der Waals surface area contributed by atoms with Gasteiger partial charge in [0, 0.05) is 6.42 Å². The van der Waals surface area contributed by atoms with Gasteiger partial charge in [-0.15, -0.1) is 0 Å². The molecule has 13 heavy (non-hydrogen) atoms. The van der Waals surface area contributed by atoms with Gasteiger partial charge in [0.15, 0.2) is 0 Å². The molecular weight excluding hydrogens is 158 g/mol. The summed E-state index contributed by atoms with van der Waals surface area (Å²) in [6.07, 6.45) is 9.96. The number of hydrogen-bond acceptors (Lipinski definition) is 1. The Labute approximate surface area is 83.1 Å². The molecule has 0 spiro atoms. The minimum atomic E-state index is 0.732. The summed E-state index contributed by atoms with van der Waals surface area (Å²) in [6.45, 7) is 4.51. The van der Waals surface area contributed by atoms with Crippen molar-refractivity contribution in [3.8, 4) is 6.07 Å². The molecule has 0 amide bonds. The smallest absolute Gasteiger partial charge is 0.0621 e. The molecule has 0 saturated heterocycles. The second kappa shape index (κ2) is 9.58. The molecule has 0 bridgehead atoms. The third kappa shape index (κ3) is 9.40. The van der Waals surface area contributed by atoms with E-state index < -0.39 is 0 Å². The monoisotopic (exact) mass is 181 g/mol. The number of nitriles is 1. The Morgan fingerprint density at radius 2 is 1.77 bits per heavy atom. The van der Waals surface area contributed by atoms with Gasteiger partial charge in [-0.25, -0.2) is 0 Å². The van der Waals surface area contributed by atoms with Crippen LogP contribution in [0.1, 0.15) is 65.2 Å². The largest absolute Gasteiger partial charge is 0.198 e. The summed E-state index contributed by atoms with van der Waals surface area (Å²) in [6, 6.07) is 2.21. The predicted molar refractivity (Wildman–Crippen MR) is 57.4 cm³/mol. The first-order valence-corrected chi connectivity index (χ1v) is 5.68. The summed E-state index contributed by atoms with van der Waals surface area (Å²) in [5.41, 5.74) is 0. The average Bonchev–Trinajstić information content (AvgIpc) is 2.14.